The van der Waals surface area contributed by atoms with Crippen molar-refractivity contribution in [2.75, 3.05) is 19.8 Å². The molecule has 0 N–H and O–H groups in total. The minimum Gasteiger partial charge on any atom is -0.490 e. The van der Waals surface area contributed by atoms with E-state index in [-0.39, 0.29) is 12.2 Å². The third kappa shape index (κ3) is 5.04. The molecule has 0 aliphatic rings. The van der Waals surface area contributed by atoms with E-state index in [9.17, 15) is 4.79 Å². The summed E-state index contributed by atoms with van der Waals surface area (Å²) in [6, 6.07) is 7.35. The van der Waals surface area contributed by atoms with Crippen LogP contribution in [0.15, 0.2) is 36.4 Å². The van der Waals surface area contributed by atoms with Gasteiger partial charge >= 0.3 is 5.97 Å². The summed E-state index contributed by atoms with van der Waals surface area (Å²) in [5.74, 6) is 0.830. The molecular weight excluding hydrogens is 244 g/mol. The summed E-state index contributed by atoms with van der Waals surface area (Å²) in [5.41, 5.74) is 0.284. The number of carbonyl (C=O) groups is 1. The quantitative estimate of drug-likeness (QED) is 0.535. The van der Waals surface area contributed by atoms with Gasteiger partial charge in [-0.15, -0.1) is 0 Å². The van der Waals surface area contributed by atoms with Crippen molar-refractivity contribution in [2.24, 2.45) is 0 Å². The van der Waals surface area contributed by atoms with E-state index in [4.69, 9.17) is 14.2 Å². The molecule has 0 spiro atoms. The van der Waals surface area contributed by atoms with E-state index in [1.54, 1.807) is 13.0 Å². The third-order valence-electron chi connectivity index (χ3n) is 2.28. The molecule has 4 heteroatoms. The molecule has 104 valence electrons. The molecule has 0 amide bonds. The van der Waals surface area contributed by atoms with Crippen LogP contribution >= 0.6 is 0 Å². The zero-order valence-electron chi connectivity index (χ0n) is 11.5. The SMILES string of the molecule is C=C(COc1ccccc1OCCC)C(=O)OCC. The standard InChI is InChI=1S/C15H20O4/c1-4-10-18-13-8-6-7-9-14(13)19-11-12(3)15(16)17-5-2/h6-9H,3-5,10-11H2,1-2H3. The number of hydrogen-bond donors (Lipinski definition) is 0. The van der Waals surface area contributed by atoms with Gasteiger partial charge in [-0.2, -0.15) is 0 Å². The predicted octanol–water partition coefficient (Wildman–Crippen LogP) is 2.97. The van der Waals surface area contributed by atoms with Gasteiger partial charge < -0.3 is 14.2 Å². The first-order valence-electron chi connectivity index (χ1n) is 6.38. The van der Waals surface area contributed by atoms with Crippen molar-refractivity contribution in [3.05, 3.63) is 36.4 Å². The van der Waals surface area contributed by atoms with Crippen molar-refractivity contribution < 1.29 is 19.0 Å². The lowest BCUT2D eigenvalue weighted by molar-refractivity contribution is -0.138. The number of rotatable bonds is 8. The molecular formula is C15H20O4. The molecule has 1 rings (SSSR count). The fourth-order valence-electron chi connectivity index (χ4n) is 1.36. The highest BCUT2D eigenvalue weighted by molar-refractivity contribution is 5.88. The van der Waals surface area contributed by atoms with Gasteiger partial charge in [-0.3, -0.25) is 0 Å². The Labute approximate surface area is 114 Å². The van der Waals surface area contributed by atoms with Gasteiger partial charge in [0.1, 0.15) is 6.61 Å². The van der Waals surface area contributed by atoms with Crippen LogP contribution in [-0.4, -0.2) is 25.8 Å². The summed E-state index contributed by atoms with van der Waals surface area (Å²) in [4.78, 5) is 11.4. The first-order valence-corrected chi connectivity index (χ1v) is 6.38. The molecule has 0 aliphatic carbocycles. The van der Waals surface area contributed by atoms with Crippen LogP contribution in [0.25, 0.3) is 0 Å². The molecule has 19 heavy (non-hydrogen) atoms. The van der Waals surface area contributed by atoms with Gasteiger partial charge in [-0.25, -0.2) is 4.79 Å². The fraction of sp³-hybridized carbons (Fsp3) is 0.400. The van der Waals surface area contributed by atoms with Crippen LogP contribution in [-0.2, 0) is 9.53 Å². The van der Waals surface area contributed by atoms with E-state index in [0.29, 0.717) is 24.7 Å². The topological polar surface area (TPSA) is 44.8 Å². The van der Waals surface area contributed by atoms with Crippen LogP contribution in [0.4, 0.5) is 0 Å². The van der Waals surface area contributed by atoms with Crippen LogP contribution in [0.2, 0.25) is 0 Å². The second kappa shape index (κ2) is 8.19. The van der Waals surface area contributed by atoms with Gasteiger partial charge in [0.25, 0.3) is 0 Å². The van der Waals surface area contributed by atoms with E-state index >= 15 is 0 Å². The van der Waals surface area contributed by atoms with Crippen molar-refractivity contribution in [3.8, 4) is 11.5 Å². The predicted molar refractivity (Wildman–Crippen MR) is 73.5 cm³/mol. The Kier molecular flexibility index (Phi) is 6.50. The number of para-hydroxylation sites is 2. The van der Waals surface area contributed by atoms with Gasteiger partial charge in [0.15, 0.2) is 11.5 Å². The number of carbonyl (C=O) groups excluding carboxylic acids is 1. The van der Waals surface area contributed by atoms with Gasteiger partial charge in [0, 0.05) is 0 Å². The Morgan fingerprint density at radius 3 is 2.37 bits per heavy atom. The van der Waals surface area contributed by atoms with Crippen molar-refractivity contribution in [3.63, 3.8) is 0 Å². The van der Waals surface area contributed by atoms with Gasteiger partial charge in [0.2, 0.25) is 0 Å². The van der Waals surface area contributed by atoms with Crippen LogP contribution in [0.3, 0.4) is 0 Å². The highest BCUT2D eigenvalue weighted by Crippen LogP contribution is 2.26. The van der Waals surface area contributed by atoms with Crippen molar-refractivity contribution in [1.82, 2.24) is 0 Å². The molecule has 0 radical (unpaired) electrons. The Morgan fingerprint density at radius 1 is 1.16 bits per heavy atom. The van der Waals surface area contributed by atoms with Gasteiger partial charge in [0.05, 0.1) is 18.8 Å². The third-order valence-corrected chi connectivity index (χ3v) is 2.28. The fourth-order valence-corrected chi connectivity index (χ4v) is 1.36. The first-order chi connectivity index (χ1) is 9.19. The maximum Gasteiger partial charge on any atom is 0.336 e. The molecule has 4 nitrogen and oxygen atoms in total. The van der Waals surface area contributed by atoms with Gasteiger partial charge in [-0.05, 0) is 25.5 Å². The lowest BCUT2D eigenvalue weighted by atomic mass is 10.3. The van der Waals surface area contributed by atoms with Crippen LogP contribution < -0.4 is 9.47 Å². The Hall–Kier alpha value is -1.97. The van der Waals surface area contributed by atoms with E-state index in [1.165, 1.54) is 0 Å². The molecule has 0 heterocycles. The Morgan fingerprint density at radius 2 is 1.79 bits per heavy atom. The highest BCUT2D eigenvalue weighted by atomic mass is 16.5. The molecule has 1 aromatic carbocycles. The summed E-state index contributed by atoms with van der Waals surface area (Å²) in [6.45, 7) is 8.46. The Balaban J connectivity index is 2.57. The van der Waals surface area contributed by atoms with E-state index in [0.717, 1.165) is 6.42 Å². The molecule has 0 aliphatic heterocycles. The van der Waals surface area contributed by atoms with Crippen molar-refractivity contribution in [1.29, 1.82) is 0 Å². The van der Waals surface area contributed by atoms with Crippen LogP contribution in [0, 0.1) is 0 Å². The molecule has 0 unspecified atom stereocenters. The summed E-state index contributed by atoms with van der Waals surface area (Å²) in [6.07, 6.45) is 0.921. The second-order valence-corrected chi connectivity index (χ2v) is 3.91. The average Bonchev–Trinajstić information content (AvgIpc) is 2.43. The number of hydrogen-bond acceptors (Lipinski definition) is 4. The lowest BCUT2D eigenvalue weighted by Crippen LogP contribution is -2.13. The van der Waals surface area contributed by atoms with E-state index < -0.39 is 5.97 Å². The minimum absolute atomic E-state index is 0.0886. The number of benzene rings is 1. The minimum atomic E-state index is -0.436. The summed E-state index contributed by atoms with van der Waals surface area (Å²) >= 11 is 0. The van der Waals surface area contributed by atoms with Crippen LogP contribution in [0.5, 0.6) is 11.5 Å². The van der Waals surface area contributed by atoms with E-state index in [1.807, 2.05) is 25.1 Å². The maximum atomic E-state index is 11.4. The average molecular weight is 264 g/mol. The van der Waals surface area contributed by atoms with Crippen molar-refractivity contribution in [2.45, 2.75) is 20.3 Å². The molecule has 0 saturated carbocycles. The summed E-state index contributed by atoms with van der Waals surface area (Å²) < 4.78 is 15.9. The molecule has 0 bridgehead atoms. The smallest absolute Gasteiger partial charge is 0.336 e. The Bertz CT molecular complexity index is 426. The number of ether oxygens (including phenoxy) is 3. The largest absolute Gasteiger partial charge is 0.490 e. The zero-order valence-corrected chi connectivity index (χ0v) is 11.5. The second-order valence-electron chi connectivity index (χ2n) is 3.91. The molecule has 1 aromatic rings. The number of esters is 1. The molecule has 0 atom stereocenters. The highest BCUT2D eigenvalue weighted by Gasteiger charge is 2.10. The summed E-state index contributed by atoms with van der Waals surface area (Å²) in [7, 11) is 0. The van der Waals surface area contributed by atoms with Crippen molar-refractivity contribution >= 4 is 5.97 Å². The summed E-state index contributed by atoms with van der Waals surface area (Å²) in [5, 5.41) is 0. The van der Waals surface area contributed by atoms with Gasteiger partial charge in [-0.1, -0.05) is 25.6 Å². The molecule has 0 aromatic heterocycles. The maximum absolute atomic E-state index is 11.4. The zero-order chi connectivity index (χ0) is 14.1. The monoisotopic (exact) mass is 264 g/mol. The normalized spacial score (nSPS) is 9.79. The lowest BCUT2D eigenvalue weighted by Gasteiger charge is -2.12. The van der Waals surface area contributed by atoms with E-state index in [2.05, 4.69) is 6.58 Å². The molecule has 0 saturated heterocycles. The van der Waals surface area contributed by atoms with Crippen LogP contribution in [0.1, 0.15) is 20.3 Å². The molecule has 0 fully saturated rings. The first kappa shape index (κ1) is 15.1.